The third-order valence-electron chi connectivity index (χ3n) is 5.86. The average molecular weight is 497 g/mol. The van der Waals surface area contributed by atoms with Gasteiger partial charge >= 0.3 is 0 Å². The van der Waals surface area contributed by atoms with Crippen LogP contribution >= 0.6 is 0 Å². The predicted molar refractivity (Wildman–Crippen MR) is 143 cm³/mol. The van der Waals surface area contributed by atoms with Crippen molar-refractivity contribution < 1.29 is 14.3 Å². The molecule has 0 radical (unpaired) electrons. The van der Waals surface area contributed by atoms with Crippen LogP contribution in [-0.2, 0) is 6.42 Å². The number of hydrogen-bond donors (Lipinski definition) is 2. The Balaban J connectivity index is 1.22. The largest absolute Gasteiger partial charge is 0.490 e. The maximum absolute atomic E-state index is 12.7. The minimum atomic E-state index is -0.132. The zero-order valence-corrected chi connectivity index (χ0v) is 20.8. The number of aromatic nitrogens is 4. The lowest BCUT2D eigenvalue weighted by molar-refractivity contribution is 0.0954. The van der Waals surface area contributed by atoms with Gasteiger partial charge in [0.25, 0.3) is 5.91 Å². The van der Waals surface area contributed by atoms with Gasteiger partial charge in [-0.15, -0.1) is 10.2 Å². The van der Waals surface area contributed by atoms with Gasteiger partial charge in [0.1, 0.15) is 6.33 Å². The molecule has 0 spiro atoms. The van der Waals surface area contributed by atoms with Crippen LogP contribution in [0.3, 0.4) is 0 Å². The standard InChI is InChI=1S/C28H28N6O3/c1-3-36-24-14-9-19(17-25(24)37-4-2)15-16-29-27(35)20-10-12-21(13-11-20)31-28-32-23-8-6-5-7-22(23)26-33-30-18-34(26)28/h5-14,17-18H,3-4,15-16H2,1-2H3,(H,29,35)(H,31,32). The molecule has 0 aliphatic rings. The van der Waals surface area contributed by atoms with E-state index in [0.717, 1.165) is 39.3 Å². The Kier molecular flexibility index (Phi) is 7.12. The maximum Gasteiger partial charge on any atom is 0.251 e. The van der Waals surface area contributed by atoms with Gasteiger partial charge in [-0.25, -0.2) is 4.98 Å². The van der Waals surface area contributed by atoms with E-state index in [4.69, 9.17) is 14.5 Å². The van der Waals surface area contributed by atoms with Crippen molar-refractivity contribution in [2.24, 2.45) is 0 Å². The first-order valence-corrected chi connectivity index (χ1v) is 12.3. The smallest absolute Gasteiger partial charge is 0.251 e. The molecule has 5 aromatic rings. The van der Waals surface area contributed by atoms with E-state index >= 15 is 0 Å². The fraction of sp³-hybridized carbons (Fsp3) is 0.214. The molecular formula is C28H28N6O3. The van der Waals surface area contributed by atoms with Crippen molar-refractivity contribution in [3.63, 3.8) is 0 Å². The monoisotopic (exact) mass is 496 g/mol. The summed E-state index contributed by atoms with van der Waals surface area (Å²) in [5.74, 6) is 1.92. The van der Waals surface area contributed by atoms with E-state index in [1.165, 1.54) is 0 Å². The molecule has 9 nitrogen and oxygen atoms in total. The Bertz CT molecular complexity index is 1530. The van der Waals surface area contributed by atoms with Crippen LogP contribution < -0.4 is 20.1 Å². The summed E-state index contributed by atoms with van der Waals surface area (Å²) >= 11 is 0. The van der Waals surface area contributed by atoms with Gasteiger partial charge in [-0.1, -0.05) is 18.2 Å². The molecule has 0 aliphatic heterocycles. The van der Waals surface area contributed by atoms with Crippen LogP contribution in [0.25, 0.3) is 16.6 Å². The molecule has 188 valence electrons. The number of nitrogens with zero attached hydrogens (tertiary/aromatic N) is 4. The van der Waals surface area contributed by atoms with Crippen molar-refractivity contribution >= 4 is 34.1 Å². The van der Waals surface area contributed by atoms with Gasteiger partial charge < -0.3 is 20.1 Å². The van der Waals surface area contributed by atoms with Gasteiger partial charge in [0.05, 0.1) is 18.7 Å². The second kappa shape index (κ2) is 10.9. The molecule has 2 N–H and O–H groups in total. The lowest BCUT2D eigenvalue weighted by Crippen LogP contribution is -2.25. The highest BCUT2D eigenvalue weighted by molar-refractivity contribution is 5.95. The average Bonchev–Trinajstić information content (AvgIpc) is 3.42. The van der Waals surface area contributed by atoms with E-state index in [2.05, 4.69) is 20.8 Å². The van der Waals surface area contributed by atoms with Crippen molar-refractivity contribution in [2.45, 2.75) is 20.3 Å². The number of nitrogens with one attached hydrogen (secondary N) is 2. The summed E-state index contributed by atoms with van der Waals surface area (Å²) in [6.45, 7) is 5.53. The summed E-state index contributed by atoms with van der Waals surface area (Å²) in [6.07, 6.45) is 2.31. The molecule has 5 rings (SSSR count). The van der Waals surface area contributed by atoms with Crippen LogP contribution in [0.4, 0.5) is 11.6 Å². The fourth-order valence-corrected chi connectivity index (χ4v) is 4.10. The zero-order valence-electron chi connectivity index (χ0n) is 20.8. The number of para-hydroxylation sites is 1. The van der Waals surface area contributed by atoms with Crippen LogP contribution in [-0.4, -0.2) is 45.2 Å². The van der Waals surface area contributed by atoms with E-state index in [9.17, 15) is 4.79 Å². The van der Waals surface area contributed by atoms with Crippen molar-refractivity contribution in [2.75, 3.05) is 25.1 Å². The molecule has 0 unspecified atom stereocenters. The lowest BCUT2D eigenvalue weighted by Gasteiger charge is -2.13. The third-order valence-corrected chi connectivity index (χ3v) is 5.86. The van der Waals surface area contributed by atoms with Crippen LogP contribution in [0.2, 0.25) is 0 Å². The maximum atomic E-state index is 12.7. The van der Waals surface area contributed by atoms with E-state index in [1.54, 1.807) is 22.9 Å². The van der Waals surface area contributed by atoms with Crippen molar-refractivity contribution in [3.05, 3.63) is 84.2 Å². The number of benzene rings is 3. The molecule has 37 heavy (non-hydrogen) atoms. The summed E-state index contributed by atoms with van der Waals surface area (Å²) in [4.78, 5) is 17.4. The second-order valence-electron chi connectivity index (χ2n) is 8.33. The Morgan fingerprint density at radius 3 is 2.54 bits per heavy atom. The van der Waals surface area contributed by atoms with Gasteiger partial charge in [0.15, 0.2) is 17.1 Å². The first kappa shape index (κ1) is 24.1. The van der Waals surface area contributed by atoms with Crippen LogP contribution in [0.15, 0.2) is 73.1 Å². The third kappa shape index (κ3) is 5.30. The van der Waals surface area contributed by atoms with Gasteiger partial charge in [0.2, 0.25) is 5.95 Å². The zero-order chi connectivity index (χ0) is 25.6. The number of ether oxygens (including phenoxy) is 2. The Labute approximate surface area is 214 Å². The topological polar surface area (TPSA) is 103 Å². The molecule has 2 heterocycles. The number of anilines is 2. The summed E-state index contributed by atoms with van der Waals surface area (Å²) < 4.78 is 13.1. The minimum Gasteiger partial charge on any atom is -0.490 e. The number of fused-ring (bicyclic) bond motifs is 3. The second-order valence-corrected chi connectivity index (χ2v) is 8.33. The Morgan fingerprint density at radius 2 is 1.73 bits per heavy atom. The molecule has 0 fully saturated rings. The SMILES string of the molecule is CCOc1ccc(CCNC(=O)c2ccc(Nc3nc4ccccc4c4nncn34)cc2)cc1OCC. The van der Waals surface area contributed by atoms with Crippen molar-refractivity contribution in [1.82, 2.24) is 24.9 Å². The number of carbonyl (C=O) groups excluding carboxylic acids is 1. The summed E-state index contributed by atoms with van der Waals surface area (Å²) in [5.41, 5.74) is 3.99. The molecule has 3 aromatic carbocycles. The van der Waals surface area contributed by atoms with Crippen molar-refractivity contribution in [3.8, 4) is 11.5 Å². The van der Waals surface area contributed by atoms with Gasteiger partial charge in [0, 0.05) is 23.2 Å². The first-order valence-electron chi connectivity index (χ1n) is 12.3. The summed E-state index contributed by atoms with van der Waals surface area (Å²) in [5, 5.41) is 15.5. The predicted octanol–water partition coefficient (Wildman–Crippen LogP) is 4.79. The van der Waals surface area contributed by atoms with Crippen molar-refractivity contribution in [1.29, 1.82) is 0 Å². The molecule has 9 heteroatoms. The number of rotatable bonds is 10. The minimum absolute atomic E-state index is 0.132. The molecular weight excluding hydrogens is 468 g/mol. The van der Waals surface area contributed by atoms with Crippen LogP contribution in [0, 0.1) is 0 Å². The van der Waals surface area contributed by atoms with E-state index in [0.29, 0.717) is 37.7 Å². The summed E-state index contributed by atoms with van der Waals surface area (Å²) in [7, 11) is 0. The fourth-order valence-electron chi connectivity index (χ4n) is 4.10. The number of amides is 1. The number of carbonyl (C=O) groups is 1. The van der Waals surface area contributed by atoms with Gasteiger partial charge in [-0.05, 0) is 74.4 Å². The highest BCUT2D eigenvalue weighted by Gasteiger charge is 2.11. The Morgan fingerprint density at radius 1 is 0.946 bits per heavy atom. The van der Waals surface area contributed by atoms with E-state index in [1.807, 2.05) is 68.4 Å². The highest BCUT2D eigenvalue weighted by Crippen LogP contribution is 2.28. The molecule has 0 atom stereocenters. The van der Waals surface area contributed by atoms with Gasteiger partial charge in [-0.2, -0.15) is 0 Å². The van der Waals surface area contributed by atoms with Crippen LogP contribution in [0.5, 0.6) is 11.5 Å². The lowest BCUT2D eigenvalue weighted by atomic mass is 10.1. The van der Waals surface area contributed by atoms with Crippen LogP contribution in [0.1, 0.15) is 29.8 Å². The normalized spacial score (nSPS) is 11.0. The number of hydrogen-bond acceptors (Lipinski definition) is 7. The Hall–Kier alpha value is -4.66. The molecule has 0 aliphatic carbocycles. The molecule has 0 bridgehead atoms. The van der Waals surface area contributed by atoms with E-state index in [-0.39, 0.29) is 5.91 Å². The van der Waals surface area contributed by atoms with Gasteiger partial charge in [-0.3, -0.25) is 9.20 Å². The molecule has 0 saturated heterocycles. The van der Waals surface area contributed by atoms with E-state index < -0.39 is 0 Å². The molecule has 2 aromatic heterocycles. The molecule has 0 saturated carbocycles. The first-order chi connectivity index (χ1) is 18.2. The quantitative estimate of drug-likeness (QED) is 0.287. The molecule has 1 amide bonds. The summed E-state index contributed by atoms with van der Waals surface area (Å²) in [6, 6.07) is 20.9. The highest BCUT2D eigenvalue weighted by atomic mass is 16.5.